The highest BCUT2D eigenvalue weighted by atomic mass is 127. The third-order valence-corrected chi connectivity index (χ3v) is 4.20. The van der Waals surface area contributed by atoms with E-state index in [1.54, 1.807) is 7.11 Å². The number of ether oxygens (including phenoxy) is 1. The number of hydrogen-bond donors (Lipinski definition) is 1. The molecule has 1 aromatic heterocycles. The molecule has 0 aliphatic heterocycles. The largest absolute Gasteiger partial charge is 0.495 e. The molecule has 1 N–H and O–H groups in total. The fraction of sp³-hybridized carbons (Fsp3) is 0.308. The first-order chi connectivity index (χ1) is 8.22. The van der Waals surface area contributed by atoms with Gasteiger partial charge in [0.1, 0.15) is 5.75 Å². The Kier molecular flexibility index (Phi) is 2.61. The standard InChI is InChI=1S/C13H12INO2/c1-17-10-6-5-8(14)11-7-3-2-4-9(16)12(7)15-13(10)11/h5-6,15H,2-4H2,1H3. The van der Waals surface area contributed by atoms with Crippen LogP contribution in [0.15, 0.2) is 12.1 Å². The molecular weight excluding hydrogens is 329 g/mol. The van der Waals surface area contributed by atoms with Crippen molar-refractivity contribution in [3.05, 3.63) is 27.0 Å². The van der Waals surface area contributed by atoms with E-state index in [4.69, 9.17) is 4.74 Å². The van der Waals surface area contributed by atoms with Crippen LogP contribution in [0, 0.1) is 3.57 Å². The van der Waals surface area contributed by atoms with Gasteiger partial charge in [0.2, 0.25) is 0 Å². The van der Waals surface area contributed by atoms with Crippen molar-refractivity contribution in [1.82, 2.24) is 4.98 Å². The Balaban J connectivity index is 2.40. The first-order valence-corrected chi connectivity index (χ1v) is 6.70. The van der Waals surface area contributed by atoms with Gasteiger partial charge in [-0.1, -0.05) is 0 Å². The molecule has 0 spiro atoms. The number of hydrogen-bond acceptors (Lipinski definition) is 2. The van der Waals surface area contributed by atoms with Crippen molar-refractivity contribution in [2.45, 2.75) is 19.3 Å². The van der Waals surface area contributed by atoms with Gasteiger partial charge in [0.15, 0.2) is 5.78 Å². The fourth-order valence-corrected chi connectivity index (χ4v) is 3.29. The lowest BCUT2D eigenvalue weighted by molar-refractivity contribution is 0.0968. The first-order valence-electron chi connectivity index (χ1n) is 5.62. The fourth-order valence-electron chi connectivity index (χ4n) is 2.51. The van der Waals surface area contributed by atoms with Crippen molar-refractivity contribution in [3.8, 4) is 5.75 Å². The summed E-state index contributed by atoms with van der Waals surface area (Å²) in [6, 6.07) is 3.98. The van der Waals surface area contributed by atoms with E-state index in [2.05, 4.69) is 27.6 Å². The topological polar surface area (TPSA) is 42.1 Å². The lowest BCUT2D eigenvalue weighted by Gasteiger charge is -2.10. The molecule has 0 saturated heterocycles. The second-order valence-electron chi connectivity index (χ2n) is 4.25. The Bertz CT molecular complexity index is 615. The van der Waals surface area contributed by atoms with Crippen LogP contribution in [0.1, 0.15) is 28.9 Å². The van der Waals surface area contributed by atoms with Crippen LogP contribution in [-0.4, -0.2) is 17.9 Å². The van der Waals surface area contributed by atoms with Crippen molar-refractivity contribution < 1.29 is 9.53 Å². The van der Waals surface area contributed by atoms with E-state index in [1.807, 2.05) is 12.1 Å². The van der Waals surface area contributed by atoms with Crippen molar-refractivity contribution in [3.63, 3.8) is 0 Å². The summed E-state index contributed by atoms with van der Waals surface area (Å²) in [5, 5.41) is 1.16. The van der Waals surface area contributed by atoms with Crippen LogP contribution in [0.25, 0.3) is 10.9 Å². The molecule has 0 radical (unpaired) electrons. The number of aromatic nitrogens is 1. The Morgan fingerprint density at radius 3 is 2.94 bits per heavy atom. The van der Waals surface area contributed by atoms with Gasteiger partial charge in [-0.3, -0.25) is 4.79 Å². The SMILES string of the molecule is COc1ccc(I)c2c3c([nH]c12)C(=O)CCC3. The van der Waals surface area contributed by atoms with E-state index in [1.165, 1.54) is 9.13 Å². The van der Waals surface area contributed by atoms with Crippen molar-refractivity contribution >= 4 is 39.3 Å². The van der Waals surface area contributed by atoms with Crippen LogP contribution in [-0.2, 0) is 6.42 Å². The minimum atomic E-state index is 0.223. The zero-order valence-electron chi connectivity index (χ0n) is 9.47. The molecule has 4 heteroatoms. The van der Waals surface area contributed by atoms with Gasteiger partial charge in [-0.05, 0) is 53.1 Å². The number of methoxy groups -OCH3 is 1. The summed E-state index contributed by atoms with van der Waals surface area (Å²) in [5.41, 5.74) is 2.91. The van der Waals surface area contributed by atoms with Gasteiger partial charge in [-0.25, -0.2) is 0 Å². The second kappa shape index (κ2) is 4.01. The lowest BCUT2D eigenvalue weighted by atomic mass is 9.95. The first kappa shape index (κ1) is 11.1. The molecule has 17 heavy (non-hydrogen) atoms. The van der Waals surface area contributed by atoms with Gasteiger partial charge in [-0.2, -0.15) is 0 Å². The monoisotopic (exact) mass is 341 g/mol. The van der Waals surface area contributed by atoms with Gasteiger partial charge >= 0.3 is 0 Å². The normalized spacial score (nSPS) is 15.1. The lowest BCUT2D eigenvalue weighted by Crippen LogP contribution is -2.09. The summed E-state index contributed by atoms with van der Waals surface area (Å²) in [6.45, 7) is 0. The third kappa shape index (κ3) is 1.57. The van der Waals surface area contributed by atoms with E-state index in [-0.39, 0.29) is 5.78 Å². The number of fused-ring (bicyclic) bond motifs is 3. The summed E-state index contributed by atoms with van der Waals surface area (Å²) >= 11 is 2.31. The van der Waals surface area contributed by atoms with Gasteiger partial charge < -0.3 is 9.72 Å². The minimum absolute atomic E-state index is 0.223. The number of halogens is 1. The van der Waals surface area contributed by atoms with Crippen LogP contribution in [0.3, 0.4) is 0 Å². The summed E-state index contributed by atoms with van der Waals surface area (Å²) in [6.07, 6.45) is 2.58. The Labute approximate surface area is 113 Å². The molecule has 3 nitrogen and oxygen atoms in total. The zero-order valence-corrected chi connectivity index (χ0v) is 11.6. The summed E-state index contributed by atoms with van der Waals surface area (Å²) < 4.78 is 6.52. The van der Waals surface area contributed by atoms with Crippen molar-refractivity contribution in [2.75, 3.05) is 7.11 Å². The smallest absolute Gasteiger partial charge is 0.179 e. The summed E-state index contributed by atoms with van der Waals surface area (Å²) in [7, 11) is 1.66. The van der Waals surface area contributed by atoms with Gasteiger partial charge in [0, 0.05) is 15.4 Å². The van der Waals surface area contributed by atoms with Crippen LogP contribution in [0.4, 0.5) is 0 Å². The molecule has 1 aromatic carbocycles. The number of nitrogens with one attached hydrogen (secondary N) is 1. The van der Waals surface area contributed by atoms with Crippen LogP contribution in [0.2, 0.25) is 0 Å². The van der Waals surface area contributed by atoms with Crippen molar-refractivity contribution in [1.29, 1.82) is 0 Å². The number of ketones is 1. The van der Waals surface area contributed by atoms with Crippen LogP contribution >= 0.6 is 22.6 Å². The maximum absolute atomic E-state index is 11.9. The molecule has 0 bridgehead atoms. The molecule has 1 aliphatic carbocycles. The number of aryl methyl sites for hydroxylation is 1. The maximum Gasteiger partial charge on any atom is 0.179 e. The average molecular weight is 341 g/mol. The van der Waals surface area contributed by atoms with E-state index >= 15 is 0 Å². The van der Waals surface area contributed by atoms with E-state index in [0.717, 1.165) is 35.2 Å². The maximum atomic E-state index is 11.9. The van der Waals surface area contributed by atoms with Gasteiger partial charge in [0.25, 0.3) is 0 Å². The highest BCUT2D eigenvalue weighted by Crippen LogP contribution is 2.36. The van der Waals surface area contributed by atoms with Crippen LogP contribution in [0.5, 0.6) is 5.75 Å². The van der Waals surface area contributed by atoms with Gasteiger partial charge in [-0.15, -0.1) is 0 Å². The number of rotatable bonds is 1. The average Bonchev–Trinajstić information content (AvgIpc) is 2.71. The second-order valence-corrected chi connectivity index (χ2v) is 5.42. The predicted octanol–water partition coefficient (Wildman–Crippen LogP) is 3.30. The number of aromatic amines is 1. The number of benzene rings is 1. The van der Waals surface area contributed by atoms with E-state index < -0.39 is 0 Å². The quantitative estimate of drug-likeness (QED) is 0.809. The summed E-state index contributed by atoms with van der Waals surface area (Å²) in [5.74, 6) is 1.03. The molecule has 0 unspecified atom stereocenters. The molecule has 88 valence electrons. The van der Waals surface area contributed by atoms with E-state index in [9.17, 15) is 4.79 Å². The Morgan fingerprint density at radius 1 is 1.35 bits per heavy atom. The molecule has 1 heterocycles. The Hall–Kier alpha value is -1.04. The molecular formula is C13H12INO2. The molecule has 0 fully saturated rings. The number of Topliss-reactive ketones (excluding diaryl/α,β-unsaturated/α-hetero) is 1. The Morgan fingerprint density at radius 2 is 2.18 bits per heavy atom. The van der Waals surface area contributed by atoms with E-state index in [0.29, 0.717) is 6.42 Å². The zero-order chi connectivity index (χ0) is 12.0. The summed E-state index contributed by atoms with van der Waals surface area (Å²) in [4.78, 5) is 15.1. The molecule has 0 saturated carbocycles. The molecule has 2 aromatic rings. The van der Waals surface area contributed by atoms with Gasteiger partial charge in [0.05, 0.1) is 18.3 Å². The van der Waals surface area contributed by atoms with Crippen LogP contribution < -0.4 is 4.74 Å². The molecule has 0 atom stereocenters. The molecule has 1 aliphatic rings. The predicted molar refractivity (Wildman–Crippen MR) is 74.8 cm³/mol. The third-order valence-electron chi connectivity index (χ3n) is 3.30. The number of carbonyl (C=O) groups is 1. The highest BCUT2D eigenvalue weighted by molar-refractivity contribution is 14.1. The highest BCUT2D eigenvalue weighted by Gasteiger charge is 2.24. The molecule has 0 amide bonds. The van der Waals surface area contributed by atoms with Crippen molar-refractivity contribution in [2.24, 2.45) is 0 Å². The number of H-pyrrole nitrogens is 1. The molecule has 3 rings (SSSR count). The minimum Gasteiger partial charge on any atom is -0.495 e. The number of carbonyl (C=O) groups excluding carboxylic acids is 1.